The lowest BCUT2D eigenvalue weighted by Gasteiger charge is -2.38. The lowest BCUT2D eigenvalue weighted by atomic mass is 10.0. The Morgan fingerprint density at radius 2 is 2.06 bits per heavy atom. The number of carboxylic acid groups (broad SMARTS) is 1. The molecule has 1 aromatic carbocycles. The highest BCUT2D eigenvalue weighted by atomic mass is 35.5. The second kappa shape index (κ2) is 9.32. The zero-order valence-corrected chi connectivity index (χ0v) is 19.9. The number of pyridine rings is 1. The van der Waals surface area contributed by atoms with Crippen molar-refractivity contribution >= 4 is 29.3 Å². The second-order valence-corrected chi connectivity index (χ2v) is 9.73. The van der Waals surface area contributed by atoms with Crippen LogP contribution in [0, 0.1) is 0 Å². The van der Waals surface area contributed by atoms with Crippen molar-refractivity contribution in [2.45, 2.75) is 29.7 Å². The van der Waals surface area contributed by atoms with Gasteiger partial charge in [0.05, 0.1) is 29.5 Å². The van der Waals surface area contributed by atoms with E-state index in [1.54, 1.807) is 23.8 Å². The van der Waals surface area contributed by atoms with Gasteiger partial charge < -0.3 is 28.6 Å². The molecular weight excluding hydrogens is 470 g/mol. The van der Waals surface area contributed by atoms with E-state index in [2.05, 4.69) is 0 Å². The number of nitrogens with zero attached hydrogens (tertiary/aromatic N) is 1. The quantitative estimate of drug-likeness (QED) is 0.432. The summed E-state index contributed by atoms with van der Waals surface area (Å²) in [6, 6.07) is 4.77. The number of allylic oxidation sites excluding steroid dienone is 1. The topological polar surface area (TPSA) is 96.2 Å². The van der Waals surface area contributed by atoms with Crippen molar-refractivity contribution in [3.63, 3.8) is 0 Å². The molecule has 0 radical (unpaired) electrons. The molecule has 8 nitrogen and oxygen atoms in total. The number of hydrogen-bond donors (Lipinski definition) is 1. The molecule has 0 bridgehead atoms. The lowest BCUT2D eigenvalue weighted by Crippen LogP contribution is -2.40. The minimum absolute atomic E-state index is 0.275. The average Bonchev–Trinajstić information content (AvgIpc) is 3.13. The van der Waals surface area contributed by atoms with Crippen molar-refractivity contribution in [3.8, 4) is 28.5 Å². The Balaban J connectivity index is 1.83. The van der Waals surface area contributed by atoms with E-state index in [0.29, 0.717) is 48.1 Å². The van der Waals surface area contributed by atoms with Gasteiger partial charge in [0.25, 0.3) is 0 Å². The Bertz CT molecular complexity index is 1160. The Kier molecular flexibility index (Phi) is 6.65. The first kappa shape index (κ1) is 23.5. The number of methoxy groups -OCH3 is 2. The standard InChI is InChI=1S/C23H24ClNO7S/c1-23(24)5-8-33-20(23)21-25-12-14(22(27)28)16(26)10-15(25)13-9-18(30-3)19(11-17(13)32-21)31-7-4-6-29-2/h5,8-12,20-21H,4,6-7H2,1-3H3,(H,27,28)/t20?,21-,23?/m1/s1. The van der Waals surface area contributed by atoms with Crippen LogP contribution in [0.15, 0.2) is 40.7 Å². The molecule has 33 heavy (non-hydrogen) atoms. The molecule has 4 rings (SSSR count). The number of thioether (sulfide) groups is 1. The van der Waals surface area contributed by atoms with Crippen molar-refractivity contribution < 1.29 is 28.8 Å². The summed E-state index contributed by atoms with van der Waals surface area (Å²) in [5, 5.41) is 11.1. The van der Waals surface area contributed by atoms with Gasteiger partial charge in [0.1, 0.15) is 11.3 Å². The number of carbonyl (C=O) groups is 1. The van der Waals surface area contributed by atoms with Crippen LogP contribution in [0.5, 0.6) is 17.2 Å². The van der Waals surface area contributed by atoms with E-state index in [0.717, 1.165) is 0 Å². The van der Waals surface area contributed by atoms with Crippen LogP contribution in [0.2, 0.25) is 0 Å². The van der Waals surface area contributed by atoms with E-state index in [-0.39, 0.29) is 10.8 Å². The maximum atomic E-state index is 12.6. The van der Waals surface area contributed by atoms with E-state index in [9.17, 15) is 14.7 Å². The summed E-state index contributed by atoms with van der Waals surface area (Å²) in [6.07, 6.45) is 3.23. The molecular formula is C23H24ClNO7S. The summed E-state index contributed by atoms with van der Waals surface area (Å²) in [5.41, 5.74) is 0.173. The Labute approximate surface area is 200 Å². The van der Waals surface area contributed by atoms with Crippen molar-refractivity contribution in [3.05, 3.63) is 51.7 Å². The average molecular weight is 494 g/mol. The van der Waals surface area contributed by atoms with E-state index >= 15 is 0 Å². The minimum atomic E-state index is -1.30. The molecule has 1 aromatic heterocycles. The number of ether oxygens (including phenoxy) is 4. The van der Waals surface area contributed by atoms with E-state index in [4.69, 9.17) is 30.5 Å². The number of rotatable bonds is 8. The number of alkyl halides is 1. The van der Waals surface area contributed by atoms with Crippen LogP contribution < -0.4 is 19.6 Å². The van der Waals surface area contributed by atoms with E-state index in [1.165, 1.54) is 31.1 Å². The first-order chi connectivity index (χ1) is 15.8. The van der Waals surface area contributed by atoms with Gasteiger partial charge in [0, 0.05) is 44.0 Å². The van der Waals surface area contributed by atoms with Crippen molar-refractivity contribution in [2.24, 2.45) is 0 Å². The molecule has 3 heterocycles. The Morgan fingerprint density at radius 1 is 1.27 bits per heavy atom. The third-order valence-corrected chi connectivity index (χ3v) is 7.36. The molecule has 0 fully saturated rings. The first-order valence-electron chi connectivity index (χ1n) is 10.3. The third kappa shape index (κ3) is 4.45. The fourth-order valence-electron chi connectivity index (χ4n) is 3.86. The van der Waals surface area contributed by atoms with Crippen LogP contribution in [-0.4, -0.2) is 53.2 Å². The van der Waals surface area contributed by atoms with Gasteiger partial charge in [0.15, 0.2) is 23.2 Å². The molecule has 0 spiro atoms. The van der Waals surface area contributed by atoms with Gasteiger partial charge in [-0.15, -0.1) is 23.4 Å². The van der Waals surface area contributed by atoms with Gasteiger partial charge >= 0.3 is 5.97 Å². The van der Waals surface area contributed by atoms with Gasteiger partial charge in [-0.25, -0.2) is 4.79 Å². The van der Waals surface area contributed by atoms with Gasteiger partial charge in [-0.05, 0) is 18.4 Å². The summed E-state index contributed by atoms with van der Waals surface area (Å²) in [6.45, 7) is 2.86. The van der Waals surface area contributed by atoms with Crippen LogP contribution in [-0.2, 0) is 4.74 Å². The van der Waals surface area contributed by atoms with Gasteiger partial charge in [-0.2, -0.15) is 0 Å². The predicted octanol–water partition coefficient (Wildman–Crippen LogP) is 4.16. The number of hydrogen-bond acceptors (Lipinski definition) is 7. The predicted molar refractivity (Wildman–Crippen MR) is 126 cm³/mol. The molecule has 10 heteroatoms. The molecule has 2 aliphatic rings. The largest absolute Gasteiger partial charge is 0.493 e. The highest BCUT2D eigenvalue weighted by molar-refractivity contribution is 8.03. The van der Waals surface area contributed by atoms with Crippen LogP contribution in [0.25, 0.3) is 11.3 Å². The first-order valence-corrected chi connectivity index (χ1v) is 11.6. The van der Waals surface area contributed by atoms with Crippen molar-refractivity contribution in [1.82, 2.24) is 4.57 Å². The molecule has 2 unspecified atom stereocenters. The van der Waals surface area contributed by atoms with Crippen LogP contribution in [0.3, 0.4) is 0 Å². The highest BCUT2D eigenvalue weighted by Crippen LogP contribution is 2.50. The number of halogens is 1. The summed E-state index contributed by atoms with van der Waals surface area (Å²) in [4.78, 5) is 23.5. The van der Waals surface area contributed by atoms with E-state index < -0.39 is 22.5 Å². The van der Waals surface area contributed by atoms with Crippen molar-refractivity contribution in [2.75, 3.05) is 27.4 Å². The number of carboxylic acids is 1. The number of aromatic carboxylic acids is 1. The van der Waals surface area contributed by atoms with E-state index in [1.807, 2.05) is 18.4 Å². The number of aromatic nitrogens is 1. The molecule has 1 N–H and O–H groups in total. The fourth-order valence-corrected chi connectivity index (χ4v) is 5.45. The second-order valence-electron chi connectivity index (χ2n) is 7.86. The Morgan fingerprint density at radius 3 is 2.70 bits per heavy atom. The smallest absolute Gasteiger partial charge is 0.341 e. The summed E-state index contributed by atoms with van der Waals surface area (Å²) in [7, 11) is 3.15. The van der Waals surface area contributed by atoms with Crippen molar-refractivity contribution in [1.29, 1.82) is 0 Å². The normalized spacial score (nSPS) is 22.9. The van der Waals surface area contributed by atoms with Crippen LogP contribution in [0.1, 0.15) is 29.9 Å². The lowest BCUT2D eigenvalue weighted by molar-refractivity contribution is 0.0691. The highest BCUT2D eigenvalue weighted by Gasteiger charge is 2.44. The number of fused-ring (bicyclic) bond motifs is 3. The molecule has 176 valence electrons. The molecule has 0 saturated carbocycles. The Hall–Kier alpha value is -2.62. The summed E-state index contributed by atoms with van der Waals surface area (Å²) >= 11 is 8.23. The van der Waals surface area contributed by atoms with Gasteiger partial charge in [-0.1, -0.05) is 6.08 Å². The molecule has 0 saturated heterocycles. The monoisotopic (exact) mass is 493 g/mol. The van der Waals surface area contributed by atoms with Gasteiger partial charge in [-0.3, -0.25) is 4.79 Å². The summed E-state index contributed by atoms with van der Waals surface area (Å²) in [5.74, 6) is 0.150. The fraction of sp³-hybridized carbons (Fsp3) is 0.391. The van der Waals surface area contributed by atoms with Gasteiger partial charge in [0.2, 0.25) is 0 Å². The third-order valence-electron chi connectivity index (χ3n) is 5.56. The molecule has 3 atom stereocenters. The molecule has 0 amide bonds. The maximum absolute atomic E-state index is 12.6. The maximum Gasteiger partial charge on any atom is 0.341 e. The molecule has 2 aromatic rings. The number of benzene rings is 1. The minimum Gasteiger partial charge on any atom is -0.493 e. The molecule has 2 aliphatic heterocycles. The van der Waals surface area contributed by atoms with Crippen LogP contribution in [0.4, 0.5) is 0 Å². The molecule has 0 aliphatic carbocycles. The zero-order valence-electron chi connectivity index (χ0n) is 18.4. The SMILES string of the molecule is COCCCOc1cc2c(cc1OC)-c1cc(=O)c(C(=O)O)cn1[C@@H](C1SC=CC1(C)Cl)O2. The van der Waals surface area contributed by atoms with Crippen LogP contribution >= 0.6 is 23.4 Å². The summed E-state index contributed by atoms with van der Waals surface area (Å²) < 4.78 is 24.5. The zero-order chi connectivity index (χ0) is 23.8.